The van der Waals surface area contributed by atoms with E-state index in [2.05, 4.69) is 78.8 Å². The second-order valence-electron chi connectivity index (χ2n) is 31.0. The van der Waals surface area contributed by atoms with Crippen LogP contribution in [0.3, 0.4) is 0 Å². The highest BCUT2D eigenvalue weighted by atomic mass is 16.4. The highest BCUT2D eigenvalue weighted by Crippen LogP contribution is 2.18. The van der Waals surface area contributed by atoms with Gasteiger partial charge in [-0.3, -0.25) is 82.1 Å². The number of rotatable bonds is 61. The Morgan fingerprint density at radius 2 is 0.667 bits per heavy atom. The normalized spacial score (nSPS) is 14.7. The second kappa shape index (κ2) is 59.0. The molecule has 0 aliphatic carbocycles. The summed E-state index contributed by atoms with van der Waals surface area (Å²) in [5.41, 5.74) is 58.0. The van der Waals surface area contributed by atoms with E-state index in [0.717, 1.165) is 5.56 Å². The minimum atomic E-state index is -1.95. The molecular weight excluding hydrogens is 1600 g/mol. The van der Waals surface area contributed by atoms with Gasteiger partial charge in [0.2, 0.25) is 76.8 Å². The van der Waals surface area contributed by atoms with Gasteiger partial charge < -0.3 is 131 Å². The van der Waals surface area contributed by atoms with Gasteiger partial charge in [-0.1, -0.05) is 136 Å². The lowest BCUT2D eigenvalue weighted by molar-refractivity contribution is -0.142. The number of aliphatic carboxylic acids is 2. The molecular formula is C81H139N25O17. The summed E-state index contributed by atoms with van der Waals surface area (Å²) >= 11 is 0. The molecule has 42 nitrogen and oxygen atoms in total. The molecule has 0 heterocycles. The molecule has 0 unspecified atom stereocenters. The molecule has 0 aliphatic heterocycles. The Morgan fingerprint density at radius 3 is 1.05 bits per heavy atom. The molecule has 0 saturated carbocycles. The van der Waals surface area contributed by atoms with Gasteiger partial charge in [0.15, 0.2) is 17.9 Å². The van der Waals surface area contributed by atoms with Crippen LogP contribution in [0, 0.1) is 23.7 Å². The van der Waals surface area contributed by atoms with Gasteiger partial charge >= 0.3 is 11.9 Å². The number of nitrogens with one attached hydrogen (secondary N) is 12. The number of carbonyl (C=O) groups excluding carboxylic acids is 13. The van der Waals surface area contributed by atoms with Crippen LogP contribution in [0.4, 0.5) is 0 Å². The molecule has 2 rings (SSSR count). The number of amides is 13. The van der Waals surface area contributed by atoms with Gasteiger partial charge in [-0.2, -0.15) is 0 Å². The Balaban J connectivity index is 0.0000756. The first-order valence-corrected chi connectivity index (χ1v) is 41.4. The maximum atomic E-state index is 14.9. The van der Waals surface area contributed by atoms with Crippen molar-refractivity contribution in [3.8, 4) is 0 Å². The van der Waals surface area contributed by atoms with Gasteiger partial charge in [0.1, 0.15) is 72.5 Å². The Bertz CT molecular complexity index is 3790. The maximum absolute atomic E-state index is 14.9. The summed E-state index contributed by atoms with van der Waals surface area (Å²) in [6.45, 7) is 13.7. The first-order valence-electron chi connectivity index (χ1n) is 41.4. The van der Waals surface area contributed by atoms with E-state index in [1.54, 1.807) is 110 Å². The fourth-order valence-corrected chi connectivity index (χ4v) is 12.6. The molecule has 42 heteroatoms. The van der Waals surface area contributed by atoms with Crippen LogP contribution in [0.25, 0.3) is 0 Å². The van der Waals surface area contributed by atoms with Crippen LogP contribution in [0.5, 0.6) is 0 Å². The standard InChI is InChI=1S/C80H135N25O17.CH4/c1-9-46(7)63(75(119)97-52(29-18-20-36-82)67(111)102-59(43-61(107)108)73(117)101-58(42-49-26-15-12-16-27-49)72(116)100-57(40-44(3)4)71(115)99-56(77(121)122)32-23-39-93-80(89)90)104-69(113)54(31-22-38-92-79(87)88)96-68(112)55(33-34-60(84)106)98-74(118)62(45(5)6)103-76(120)64(47(8)10-2)105-70(114)53(30-21-37-91-78(85)86)95-66(110)51(28-17-19-35-81)94-65(109)50(83)41-48-24-13-11-14-25-48;/h11-16,24-27,44-47,50-59,62-64H,9-10,17-23,28-43,81-83H2,1-8H3,(H2,84,106)(H,94,109)(H,95,110)(H,96,112)(H,97,119)(H,98,118)(H,99,115)(H,100,116)(H,101,117)(H,102,111)(H,103,120)(H,104,113)(H,105,114)(H,107,108)(H,121,122)(H4,85,86,91)(H4,87,88,92)(H4,89,90,93);1H4/t46-,47-,50-,51-,52-,53-,54-,55-,56-,57-,58-,59-,62-,63-,64-;/m0./s1. The van der Waals surface area contributed by atoms with Crippen molar-refractivity contribution in [1.29, 1.82) is 0 Å². The molecule has 0 radical (unpaired) electrons. The lowest BCUT2D eigenvalue weighted by Crippen LogP contribution is -2.62. The van der Waals surface area contributed by atoms with E-state index in [4.69, 9.17) is 57.3 Å². The molecule has 0 spiro atoms. The van der Waals surface area contributed by atoms with E-state index >= 15 is 0 Å². The summed E-state index contributed by atoms with van der Waals surface area (Å²) in [4.78, 5) is 223. The van der Waals surface area contributed by atoms with E-state index in [1.165, 1.54) is 0 Å². The van der Waals surface area contributed by atoms with Crippen LogP contribution in [-0.2, 0) is 84.8 Å². The summed E-state index contributed by atoms with van der Waals surface area (Å²) in [6, 6.07) is -1.97. The molecule has 0 saturated heterocycles. The molecule has 2 aromatic carbocycles. The number of hydrogen-bond donors (Lipinski definition) is 24. The van der Waals surface area contributed by atoms with Crippen molar-refractivity contribution in [3.63, 3.8) is 0 Å². The van der Waals surface area contributed by atoms with Gasteiger partial charge in [-0.15, -0.1) is 0 Å². The molecule has 34 N–H and O–H groups in total. The Kier molecular flexibility index (Phi) is 52.4. The third-order valence-electron chi connectivity index (χ3n) is 19.9. The predicted molar refractivity (Wildman–Crippen MR) is 465 cm³/mol. The monoisotopic (exact) mass is 1730 g/mol. The van der Waals surface area contributed by atoms with Crippen molar-refractivity contribution in [1.82, 2.24) is 63.8 Å². The molecule has 123 heavy (non-hydrogen) atoms. The van der Waals surface area contributed by atoms with Crippen molar-refractivity contribution in [2.45, 2.75) is 270 Å². The van der Waals surface area contributed by atoms with E-state index in [9.17, 15) is 82.1 Å². The molecule has 2 aromatic rings. The number of guanidine groups is 3. The SMILES string of the molecule is C.CC[C@H](C)[C@H](NC(=O)[C@H](CCCN=C(N)N)NC(=O)[C@H](CCC(N)=O)NC(=O)[C@@H](NC(=O)[C@@H](NC(=O)[C@H](CCCN=C(N)N)NC(=O)[C@H](CCCCN)NC(=O)[C@@H](N)Cc1ccccc1)[C@@H](C)CC)C(C)C)C(=O)N[C@@H](CCCCN)C(=O)N[C@@H](CC(=O)O)C(=O)N[C@@H](Cc1ccccc1)C(=O)N[C@@H](CC(C)C)C(=O)N[C@@H](CCCN=C(N)N)C(=O)O. The largest absolute Gasteiger partial charge is 0.481 e. The molecule has 0 fully saturated rings. The lowest BCUT2D eigenvalue weighted by atomic mass is 9.95. The molecule has 15 atom stereocenters. The van der Waals surface area contributed by atoms with Gasteiger partial charge in [0, 0.05) is 32.5 Å². The number of carboxylic acids is 2. The topological polar surface area (TPSA) is 738 Å². The minimum Gasteiger partial charge on any atom is -0.481 e. The summed E-state index contributed by atoms with van der Waals surface area (Å²) < 4.78 is 0. The molecule has 0 bridgehead atoms. The van der Waals surface area contributed by atoms with E-state index < -0.39 is 204 Å². The van der Waals surface area contributed by atoms with Crippen LogP contribution in [0.15, 0.2) is 75.6 Å². The van der Waals surface area contributed by atoms with E-state index in [-0.39, 0.29) is 154 Å². The number of carboxylic acid groups (broad SMARTS) is 2. The first-order chi connectivity index (χ1) is 57.7. The minimum absolute atomic E-state index is 0. The zero-order chi connectivity index (χ0) is 91.7. The number of aliphatic imine (C=N–C) groups is 3. The third kappa shape index (κ3) is 43.5. The quantitative estimate of drug-likeness (QED) is 0.0172. The van der Waals surface area contributed by atoms with Gasteiger partial charge in [-0.05, 0) is 144 Å². The highest BCUT2D eigenvalue weighted by molar-refractivity contribution is 6.01. The Labute approximate surface area is 719 Å². The third-order valence-corrected chi connectivity index (χ3v) is 19.9. The number of benzene rings is 2. The molecule has 690 valence electrons. The van der Waals surface area contributed by atoms with Gasteiger partial charge in [-0.25, -0.2) is 4.79 Å². The summed E-state index contributed by atoms with van der Waals surface area (Å²) in [5, 5.41) is 51.6. The second-order valence-corrected chi connectivity index (χ2v) is 31.0. The van der Waals surface area contributed by atoms with Crippen molar-refractivity contribution in [2.75, 3.05) is 32.7 Å². The fraction of sp³-hybridized carbons (Fsp3) is 0.630. The molecule has 0 aliphatic rings. The molecule has 0 aromatic heterocycles. The number of nitrogens with zero attached hydrogens (tertiary/aromatic N) is 3. The number of nitrogens with two attached hydrogens (primary N) is 10. The van der Waals surface area contributed by atoms with E-state index in [1.807, 2.05) is 6.07 Å². The van der Waals surface area contributed by atoms with Crippen molar-refractivity contribution in [2.24, 2.45) is 96.0 Å². The average Bonchev–Trinajstić information content (AvgIpc) is 0.831. The highest BCUT2D eigenvalue weighted by Gasteiger charge is 2.40. The summed E-state index contributed by atoms with van der Waals surface area (Å²) in [5.74, 6) is -18.3. The molecule has 13 amide bonds. The first kappa shape index (κ1) is 109. The fourth-order valence-electron chi connectivity index (χ4n) is 12.6. The van der Waals surface area contributed by atoms with Crippen LogP contribution >= 0.6 is 0 Å². The Hall–Kier alpha value is -11.8. The average molecular weight is 1740 g/mol. The number of hydrogen-bond acceptors (Lipinski definition) is 21. The number of primary amides is 1. The van der Waals surface area contributed by atoms with Crippen LogP contribution in [0.2, 0.25) is 0 Å². The van der Waals surface area contributed by atoms with Crippen LogP contribution in [0.1, 0.15) is 190 Å². The number of carbonyl (C=O) groups is 15. The zero-order valence-electron chi connectivity index (χ0n) is 71.4. The van der Waals surface area contributed by atoms with Gasteiger partial charge in [0.25, 0.3) is 0 Å². The van der Waals surface area contributed by atoms with Crippen molar-refractivity contribution < 1.29 is 82.1 Å². The maximum Gasteiger partial charge on any atom is 0.326 e. The van der Waals surface area contributed by atoms with Crippen LogP contribution < -0.4 is 121 Å². The van der Waals surface area contributed by atoms with Crippen LogP contribution in [-0.4, -0.2) is 228 Å². The Morgan fingerprint density at radius 1 is 0.358 bits per heavy atom. The van der Waals surface area contributed by atoms with Crippen molar-refractivity contribution >= 4 is 107 Å². The summed E-state index contributed by atoms with van der Waals surface area (Å²) in [6.07, 6.45) is -0.524. The van der Waals surface area contributed by atoms with Crippen molar-refractivity contribution in [3.05, 3.63) is 71.8 Å². The van der Waals surface area contributed by atoms with E-state index in [0.29, 0.717) is 24.8 Å². The zero-order valence-corrected chi connectivity index (χ0v) is 71.4. The summed E-state index contributed by atoms with van der Waals surface area (Å²) in [7, 11) is 0. The lowest BCUT2D eigenvalue weighted by Gasteiger charge is -2.31. The van der Waals surface area contributed by atoms with Gasteiger partial charge in [0.05, 0.1) is 12.5 Å². The number of unbranched alkanes of at least 4 members (excludes halogenated alkanes) is 2. The predicted octanol–water partition coefficient (Wildman–Crippen LogP) is -3.71. The smallest absolute Gasteiger partial charge is 0.326 e.